The molecule has 6 nitrogen and oxygen atoms in total. The second-order valence-electron chi connectivity index (χ2n) is 3.68. The van der Waals surface area contributed by atoms with Gasteiger partial charge < -0.3 is 10.7 Å². The quantitative estimate of drug-likeness (QED) is 0.735. The number of hydrogen-bond donors (Lipinski definition) is 3. The molecule has 19 heavy (non-hydrogen) atoms. The predicted molar refractivity (Wildman–Crippen MR) is 74.8 cm³/mol. The van der Waals surface area contributed by atoms with Crippen LogP contribution in [0, 0.1) is 0 Å². The number of thiazole rings is 1. The lowest BCUT2D eigenvalue weighted by atomic mass is 10.3. The van der Waals surface area contributed by atoms with Crippen LogP contribution in [0.4, 0.5) is 5.69 Å². The van der Waals surface area contributed by atoms with E-state index < -0.39 is 10.0 Å². The fraction of sp³-hybridized carbons (Fsp3) is 0.100. The number of anilines is 1. The Balaban J connectivity index is 2.18. The molecule has 0 radical (unpaired) electrons. The van der Waals surface area contributed by atoms with E-state index in [-0.39, 0.29) is 21.3 Å². The lowest BCUT2D eigenvalue weighted by molar-refractivity contribution is 0.580. The summed E-state index contributed by atoms with van der Waals surface area (Å²) in [5.74, 6) is 0. The van der Waals surface area contributed by atoms with Crippen LogP contribution >= 0.6 is 22.9 Å². The second-order valence-corrected chi connectivity index (χ2v) is 6.70. The van der Waals surface area contributed by atoms with E-state index in [2.05, 4.69) is 9.71 Å². The van der Waals surface area contributed by atoms with Crippen molar-refractivity contribution in [3.63, 3.8) is 0 Å². The summed E-state index contributed by atoms with van der Waals surface area (Å²) in [6.07, 6.45) is 0. The summed E-state index contributed by atoms with van der Waals surface area (Å²) in [7, 11) is -3.70. The van der Waals surface area contributed by atoms with Gasteiger partial charge in [0.15, 0.2) is 0 Å². The Morgan fingerprint density at radius 1 is 1.42 bits per heavy atom. The van der Waals surface area contributed by atoms with Crippen molar-refractivity contribution in [3.8, 4) is 0 Å². The van der Waals surface area contributed by atoms with E-state index in [4.69, 9.17) is 17.3 Å². The molecule has 1 aromatic carbocycles. The highest BCUT2D eigenvalue weighted by molar-refractivity contribution is 7.89. The molecule has 0 aliphatic carbocycles. The molecule has 0 amide bonds. The summed E-state index contributed by atoms with van der Waals surface area (Å²) in [6, 6.07) is 4.05. The van der Waals surface area contributed by atoms with Gasteiger partial charge in [-0.2, -0.15) is 0 Å². The van der Waals surface area contributed by atoms with Gasteiger partial charge in [-0.15, -0.1) is 0 Å². The van der Waals surface area contributed by atoms with Crippen LogP contribution in [0.2, 0.25) is 5.02 Å². The average molecular weight is 320 g/mol. The number of rotatable bonds is 4. The maximum absolute atomic E-state index is 12.0. The second kappa shape index (κ2) is 5.33. The highest BCUT2D eigenvalue weighted by atomic mass is 35.5. The first kappa shape index (κ1) is 14.1. The van der Waals surface area contributed by atoms with Crippen molar-refractivity contribution in [3.05, 3.63) is 44.0 Å². The Bertz CT molecular complexity index is 751. The summed E-state index contributed by atoms with van der Waals surface area (Å²) >= 11 is 6.75. The summed E-state index contributed by atoms with van der Waals surface area (Å²) < 4.78 is 26.3. The van der Waals surface area contributed by atoms with Crippen LogP contribution in [-0.2, 0) is 16.6 Å². The lowest BCUT2D eigenvalue weighted by Gasteiger charge is -2.07. The van der Waals surface area contributed by atoms with Gasteiger partial charge in [-0.25, -0.2) is 13.1 Å². The molecule has 0 bridgehead atoms. The summed E-state index contributed by atoms with van der Waals surface area (Å²) in [5, 5.41) is 1.73. The maximum Gasteiger partial charge on any atom is 0.304 e. The monoisotopic (exact) mass is 319 g/mol. The normalized spacial score (nSPS) is 11.6. The Labute approximate surface area is 118 Å². The molecule has 102 valence electrons. The number of nitrogens with one attached hydrogen (secondary N) is 2. The Kier molecular flexibility index (Phi) is 3.95. The highest BCUT2D eigenvalue weighted by Crippen LogP contribution is 2.22. The standard InChI is InChI=1S/C10H10ClN3O3S2/c11-8-3-7(1-2-9(8)12)19(16,17)13-4-6-5-18-10(15)14-6/h1-3,5,13H,4,12H2,(H,14,15). The molecule has 0 fully saturated rings. The molecule has 0 aliphatic rings. The molecule has 0 saturated carbocycles. The molecule has 0 spiro atoms. The van der Waals surface area contributed by atoms with E-state index in [9.17, 15) is 13.2 Å². The van der Waals surface area contributed by atoms with Gasteiger partial charge >= 0.3 is 4.87 Å². The lowest BCUT2D eigenvalue weighted by Crippen LogP contribution is -2.23. The third-order valence-corrected chi connectivity index (χ3v) is 4.75. The Morgan fingerprint density at radius 3 is 2.74 bits per heavy atom. The molecule has 0 aliphatic heterocycles. The van der Waals surface area contributed by atoms with Crippen LogP contribution in [0.5, 0.6) is 0 Å². The molecular formula is C10H10ClN3O3S2. The summed E-state index contributed by atoms with van der Waals surface area (Å²) in [6.45, 7) is 0.00304. The first-order valence-electron chi connectivity index (χ1n) is 5.10. The molecule has 1 heterocycles. The van der Waals surface area contributed by atoms with Crippen molar-refractivity contribution in [2.45, 2.75) is 11.4 Å². The van der Waals surface area contributed by atoms with Crippen molar-refractivity contribution in [1.82, 2.24) is 9.71 Å². The number of H-pyrrole nitrogens is 1. The van der Waals surface area contributed by atoms with Crippen LogP contribution in [0.1, 0.15) is 5.69 Å². The van der Waals surface area contributed by atoms with Gasteiger partial charge in [0, 0.05) is 11.1 Å². The number of aromatic nitrogens is 1. The fourth-order valence-corrected chi connectivity index (χ4v) is 3.19. The van der Waals surface area contributed by atoms with Gasteiger partial charge in [0.1, 0.15) is 0 Å². The van der Waals surface area contributed by atoms with Crippen molar-refractivity contribution in [1.29, 1.82) is 0 Å². The Morgan fingerprint density at radius 2 is 2.16 bits per heavy atom. The minimum absolute atomic E-state index is 0.00304. The third-order valence-electron chi connectivity index (χ3n) is 2.31. The number of aromatic amines is 1. The summed E-state index contributed by atoms with van der Waals surface area (Å²) in [5.41, 5.74) is 6.32. The SMILES string of the molecule is Nc1ccc(S(=O)(=O)NCc2csc(=O)[nH]2)cc1Cl. The number of nitrogen functional groups attached to an aromatic ring is 1. The first-order valence-corrected chi connectivity index (χ1v) is 7.84. The molecule has 1 aromatic heterocycles. The van der Waals surface area contributed by atoms with Crippen molar-refractivity contribution in [2.24, 2.45) is 0 Å². The molecule has 0 unspecified atom stereocenters. The minimum Gasteiger partial charge on any atom is -0.398 e. The van der Waals surface area contributed by atoms with Crippen molar-refractivity contribution >= 4 is 38.6 Å². The van der Waals surface area contributed by atoms with Gasteiger partial charge in [-0.05, 0) is 18.2 Å². The number of sulfonamides is 1. The van der Waals surface area contributed by atoms with Gasteiger partial charge in [-0.1, -0.05) is 22.9 Å². The number of halogens is 1. The van der Waals surface area contributed by atoms with E-state index >= 15 is 0 Å². The van der Waals surface area contributed by atoms with Crippen LogP contribution < -0.4 is 15.3 Å². The topological polar surface area (TPSA) is 105 Å². The summed E-state index contributed by atoms with van der Waals surface area (Å²) in [4.78, 5) is 13.2. The molecular weight excluding hydrogens is 310 g/mol. The van der Waals surface area contributed by atoms with Crippen molar-refractivity contribution < 1.29 is 8.42 Å². The van der Waals surface area contributed by atoms with E-state index in [0.29, 0.717) is 11.4 Å². The first-order chi connectivity index (χ1) is 8.88. The smallest absolute Gasteiger partial charge is 0.304 e. The number of hydrogen-bond acceptors (Lipinski definition) is 5. The van der Waals surface area contributed by atoms with E-state index in [1.165, 1.54) is 18.2 Å². The Hall–Kier alpha value is -1.35. The zero-order valence-electron chi connectivity index (χ0n) is 9.51. The number of nitrogens with two attached hydrogens (primary N) is 1. The van der Waals surface area contributed by atoms with Gasteiger partial charge in [0.25, 0.3) is 0 Å². The van der Waals surface area contributed by atoms with E-state index in [1.54, 1.807) is 5.38 Å². The molecule has 2 rings (SSSR count). The average Bonchev–Trinajstić information content (AvgIpc) is 2.76. The molecule has 0 saturated heterocycles. The van der Waals surface area contributed by atoms with Crippen molar-refractivity contribution in [2.75, 3.05) is 5.73 Å². The predicted octanol–water partition coefficient (Wildman–Crippen LogP) is 1.15. The maximum atomic E-state index is 12.0. The minimum atomic E-state index is -3.70. The number of benzene rings is 1. The van der Waals surface area contributed by atoms with Gasteiger partial charge in [0.05, 0.1) is 22.2 Å². The van der Waals surface area contributed by atoms with E-state index in [1.807, 2.05) is 0 Å². The molecule has 9 heteroatoms. The fourth-order valence-electron chi connectivity index (χ4n) is 1.33. The molecule has 2 aromatic rings. The van der Waals surface area contributed by atoms with Crippen LogP contribution in [0.3, 0.4) is 0 Å². The van der Waals surface area contributed by atoms with Gasteiger partial charge in [0.2, 0.25) is 10.0 Å². The molecule has 4 N–H and O–H groups in total. The third kappa shape index (κ3) is 3.35. The zero-order chi connectivity index (χ0) is 14.0. The van der Waals surface area contributed by atoms with Crippen LogP contribution in [-0.4, -0.2) is 13.4 Å². The van der Waals surface area contributed by atoms with E-state index in [0.717, 1.165) is 11.3 Å². The van der Waals surface area contributed by atoms with Gasteiger partial charge in [-0.3, -0.25) is 4.79 Å². The molecule has 0 atom stereocenters. The van der Waals surface area contributed by atoms with Crippen LogP contribution in [0.15, 0.2) is 33.3 Å². The van der Waals surface area contributed by atoms with Crippen LogP contribution in [0.25, 0.3) is 0 Å². The zero-order valence-corrected chi connectivity index (χ0v) is 11.9. The largest absolute Gasteiger partial charge is 0.398 e. The highest BCUT2D eigenvalue weighted by Gasteiger charge is 2.15.